The maximum Gasteiger partial charge on any atom is 0.337 e. The number of nitriles is 1. The lowest BCUT2D eigenvalue weighted by molar-refractivity contribution is -0.146. The number of anilines is 1. The molecule has 0 amide bonds. The Kier molecular flexibility index (Phi) is 3.86. The highest BCUT2D eigenvalue weighted by atomic mass is 16.4. The maximum atomic E-state index is 10.7. The zero-order valence-electron chi connectivity index (χ0n) is 8.55. The zero-order chi connectivity index (χ0) is 12.1. The first-order valence-corrected chi connectivity index (χ1v) is 4.73. The molecule has 1 atom stereocenters. The van der Waals surface area contributed by atoms with Crippen LogP contribution in [0.25, 0.3) is 0 Å². The number of benzene rings is 1. The lowest BCUT2D eigenvalue weighted by Gasteiger charge is -2.14. The summed E-state index contributed by atoms with van der Waals surface area (Å²) in [6.07, 6.45) is -1.01. The third-order valence-corrected chi connectivity index (χ3v) is 2.24. The van der Waals surface area contributed by atoms with E-state index in [-0.39, 0.29) is 17.7 Å². The molecule has 0 bridgehead atoms. The van der Waals surface area contributed by atoms with Gasteiger partial charge in [-0.15, -0.1) is 0 Å². The summed E-state index contributed by atoms with van der Waals surface area (Å²) in [4.78, 5) is 10.7. The molecule has 4 N–H and O–H groups in total. The van der Waals surface area contributed by atoms with Crippen molar-refractivity contribution in [3.8, 4) is 6.07 Å². The number of hydrogen-bond acceptors (Lipinski definition) is 4. The van der Waals surface area contributed by atoms with Crippen LogP contribution in [-0.4, -0.2) is 16.2 Å². The molecule has 0 aliphatic heterocycles. The van der Waals surface area contributed by atoms with E-state index >= 15 is 0 Å². The number of aliphatic carboxylic acids is 1. The van der Waals surface area contributed by atoms with E-state index in [2.05, 4.69) is 0 Å². The SMILES string of the molecule is N#CCCc1cccc(N)c1C(O)C(=O)O. The average molecular weight is 220 g/mol. The highest BCUT2D eigenvalue weighted by molar-refractivity contribution is 5.77. The van der Waals surface area contributed by atoms with E-state index in [4.69, 9.17) is 16.1 Å². The first-order valence-electron chi connectivity index (χ1n) is 4.73. The Morgan fingerprint density at radius 2 is 2.25 bits per heavy atom. The van der Waals surface area contributed by atoms with Crippen LogP contribution in [-0.2, 0) is 11.2 Å². The third kappa shape index (κ3) is 2.49. The van der Waals surface area contributed by atoms with E-state index in [9.17, 15) is 9.90 Å². The lowest BCUT2D eigenvalue weighted by Crippen LogP contribution is -2.15. The third-order valence-electron chi connectivity index (χ3n) is 2.24. The smallest absolute Gasteiger partial charge is 0.337 e. The van der Waals surface area contributed by atoms with Crippen molar-refractivity contribution in [2.24, 2.45) is 0 Å². The number of aliphatic hydroxyl groups excluding tert-OH is 1. The summed E-state index contributed by atoms with van der Waals surface area (Å²) in [5.74, 6) is -1.35. The molecule has 0 saturated carbocycles. The summed E-state index contributed by atoms with van der Waals surface area (Å²) in [7, 11) is 0. The number of rotatable bonds is 4. The Hall–Kier alpha value is -2.06. The fraction of sp³-hybridized carbons (Fsp3) is 0.273. The highest BCUT2D eigenvalue weighted by Crippen LogP contribution is 2.25. The number of nitrogens with zero attached hydrogens (tertiary/aromatic N) is 1. The van der Waals surface area contributed by atoms with Crippen LogP contribution in [0.1, 0.15) is 23.7 Å². The molecule has 0 aromatic heterocycles. The Bertz CT molecular complexity index is 437. The first-order chi connectivity index (χ1) is 7.57. The van der Waals surface area contributed by atoms with Crippen LogP contribution >= 0.6 is 0 Å². The summed E-state index contributed by atoms with van der Waals surface area (Å²) < 4.78 is 0. The van der Waals surface area contributed by atoms with Gasteiger partial charge in [0.05, 0.1) is 6.07 Å². The summed E-state index contributed by atoms with van der Waals surface area (Å²) in [6, 6.07) is 6.81. The molecular weight excluding hydrogens is 208 g/mol. The van der Waals surface area contributed by atoms with Crippen molar-refractivity contribution in [1.29, 1.82) is 5.26 Å². The number of nitrogen functional groups attached to an aromatic ring is 1. The van der Waals surface area contributed by atoms with Gasteiger partial charge in [0.15, 0.2) is 6.10 Å². The van der Waals surface area contributed by atoms with Crippen LogP contribution < -0.4 is 5.73 Å². The van der Waals surface area contributed by atoms with Gasteiger partial charge in [-0.25, -0.2) is 4.79 Å². The molecule has 0 radical (unpaired) electrons. The van der Waals surface area contributed by atoms with Gasteiger partial charge in [-0.3, -0.25) is 0 Å². The molecule has 1 unspecified atom stereocenters. The zero-order valence-corrected chi connectivity index (χ0v) is 8.55. The molecule has 1 aromatic rings. The van der Waals surface area contributed by atoms with Crippen molar-refractivity contribution in [2.45, 2.75) is 18.9 Å². The van der Waals surface area contributed by atoms with Crippen molar-refractivity contribution in [2.75, 3.05) is 5.73 Å². The summed E-state index contributed by atoms with van der Waals surface area (Å²) in [6.45, 7) is 0. The fourth-order valence-electron chi connectivity index (χ4n) is 1.50. The van der Waals surface area contributed by atoms with Gasteiger partial charge in [-0.05, 0) is 18.1 Å². The summed E-state index contributed by atoms with van der Waals surface area (Å²) in [5.41, 5.74) is 6.63. The molecule has 16 heavy (non-hydrogen) atoms. The quantitative estimate of drug-likeness (QED) is 0.652. The van der Waals surface area contributed by atoms with Crippen LogP contribution in [0.5, 0.6) is 0 Å². The summed E-state index contributed by atoms with van der Waals surface area (Å²) >= 11 is 0. The number of carboxylic acid groups (broad SMARTS) is 1. The van der Waals surface area contributed by atoms with Gasteiger partial charge in [0.25, 0.3) is 0 Å². The van der Waals surface area contributed by atoms with Crippen molar-refractivity contribution >= 4 is 11.7 Å². The van der Waals surface area contributed by atoms with Crippen molar-refractivity contribution in [3.05, 3.63) is 29.3 Å². The highest BCUT2D eigenvalue weighted by Gasteiger charge is 2.21. The normalized spacial score (nSPS) is 11.8. The van der Waals surface area contributed by atoms with E-state index in [1.165, 1.54) is 6.07 Å². The molecule has 0 spiro atoms. The molecule has 5 nitrogen and oxygen atoms in total. The average Bonchev–Trinajstić information content (AvgIpc) is 2.25. The van der Waals surface area contributed by atoms with Crippen molar-refractivity contribution in [3.63, 3.8) is 0 Å². The van der Waals surface area contributed by atoms with E-state index in [1.54, 1.807) is 12.1 Å². The number of aliphatic hydroxyl groups is 1. The van der Waals surface area contributed by atoms with E-state index in [0.29, 0.717) is 12.0 Å². The molecule has 0 fully saturated rings. The molecule has 1 aromatic carbocycles. The molecule has 1 rings (SSSR count). The van der Waals surface area contributed by atoms with Gasteiger partial charge in [0.1, 0.15) is 0 Å². The second kappa shape index (κ2) is 5.14. The van der Waals surface area contributed by atoms with Crippen LogP contribution in [0.4, 0.5) is 5.69 Å². The second-order valence-electron chi connectivity index (χ2n) is 3.32. The van der Waals surface area contributed by atoms with Crippen LogP contribution in [0.3, 0.4) is 0 Å². The van der Waals surface area contributed by atoms with Gasteiger partial charge in [0.2, 0.25) is 0 Å². The monoisotopic (exact) mass is 220 g/mol. The Labute approximate surface area is 92.7 Å². The minimum absolute atomic E-state index is 0.185. The van der Waals surface area contributed by atoms with Gasteiger partial charge < -0.3 is 15.9 Å². The minimum Gasteiger partial charge on any atom is -0.479 e. The Balaban J connectivity index is 3.13. The van der Waals surface area contributed by atoms with Crippen molar-refractivity contribution < 1.29 is 15.0 Å². The van der Waals surface area contributed by atoms with Gasteiger partial charge in [-0.2, -0.15) is 5.26 Å². The Morgan fingerprint density at radius 1 is 1.56 bits per heavy atom. The van der Waals surface area contributed by atoms with Crippen molar-refractivity contribution in [1.82, 2.24) is 0 Å². The van der Waals surface area contributed by atoms with Gasteiger partial charge in [0, 0.05) is 17.7 Å². The van der Waals surface area contributed by atoms with E-state index in [0.717, 1.165) is 0 Å². The maximum absolute atomic E-state index is 10.7. The number of aryl methyl sites for hydroxylation is 1. The van der Waals surface area contributed by atoms with E-state index in [1.807, 2.05) is 6.07 Å². The molecule has 0 aliphatic rings. The predicted molar refractivity (Wildman–Crippen MR) is 57.4 cm³/mol. The topological polar surface area (TPSA) is 107 Å². The van der Waals surface area contributed by atoms with E-state index < -0.39 is 12.1 Å². The fourth-order valence-corrected chi connectivity index (χ4v) is 1.50. The molecule has 0 aliphatic carbocycles. The molecule has 5 heteroatoms. The van der Waals surface area contributed by atoms with Gasteiger partial charge >= 0.3 is 5.97 Å². The number of nitrogens with two attached hydrogens (primary N) is 1. The number of carboxylic acids is 1. The molecule has 0 saturated heterocycles. The lowest BCUT2D eigenvalue weighted by atomic mass is 9.97. The van der Waals surface area contributed by atoms with Crippen LogP contribution in [0, 0.1) is 11.3 Å². The van der Waals surface area contributed by atoms with Crippen LogP contribution in [0.15, 0.2) is 18.2 Å². The predicted octanol–water partition coefficient (Wildman–Crippen LogP) is 0.843. The standard InChI is InChI=1S/C11H12N2O3/c12-6-2-4-7-3-1-5-8(13)9(7)10(14)11(15)16/h1,3,5,10,14H,2,4,13H2,(H,15,16). The first kappa shape index (κ1) is 12.0. The number of carbonyl (C=O) groups is 1. The Morgan fingerprint density at radius 3 is 2.81 bits per heavy atom. The molecule has 84 valence electrons. The van der Waals surface area contributed by atoms with Gasteiger partial charge in [-0.1, -0.05) is 12.1 Å². The number of hydrogen-bond donors (Lipinski definition) is 3. The van der Waals surface area contributed by atoms with Crippen LogP contribution in [0.2, 0.25) is 0 Å². The molecular formula is C11H12N2O3. The summed E-state index contributed by atoms with van der Waals surface area (Å²) in [5, 5.41) is 26.7. The minimum atomic E-state index is -1.64. The molecule has 0 heterocycles. The largest absolute Gasteiger partial charge is 0.479 e. The second-order valence-corrected chi connectivity index (χ2v) is 3.32.